The van der Waals surface area contributed by atoms with E-state index in [2.05, 4.69) is 14.8 Å². The Morgan fingerprint density at radius 3 is 2.14 bits per heavy atom. The summed E-state index contributed by atoms with van der Waals surface area (Å²) in [5.41, 5.74) is 0.645. The Balaban J connectivity index is 2.26. The number of nitrogens with one attached hydrogen (secondary N) is 1. The summed E-state index contributed by atoms with van der Waals surface area (Å²) < 4.78 is 14.4. The average Bonchev–Trinajstić information content (AvgIpc) is 3.07. The summed E-state index contributed by atoms with van der Waals surface area (Å²) in [6.45, 7) is 0.917. The average molecular weight is 307 g/mol. The highest BCUT2D eigenvalue weighted by molar-refractivity contribution is 6.00. The number of amides is 1. The van der Waals surface area contributed by atoms with E-state index >= 15 is 0 Å². The highest BCUT2D eigenvalue weighted by Crippen LogP contribution is 2.20. The summed E-state index contributed by atoms with van der Waals surface area (Å²) in [5.74, 6) is -1.66. The first kappa shape index (κ1) is 16.0. The fourth-order valence-corrected chi connectivity index (χ4v) is 2.16. The lowest BCUT2D eigenvalue weighted by molar-refractivity contribution is -0.119. The van der Waals surface area contributed by atoms with Crippen LogP contribution in [0.1, 0.15) is 27.1 Å². The Bertz CT molecular complexity index is 557. The van der Waals surface area contributed by atoms with E-state index in [1.807, 2.05) is 0 Å². The maximum absolute atomic E-state index is 12.1. The molecular weight excluding hydrogens is 290 g/mol. The number of ether oxygens (including phenoxy) is 3. The fourth-order valence-electron chi connectivity index (χ4n) is 2.16. The molecule has 0 saturated carbocycles. The standard InChI is InChI=1S/C15H17NO6/c1-20-14(18)10-5-11(15(19)21-2)7-12(6-10)16-13(17)9-3-4-22-8-9/h5-7,9H,3-4,8H2,1-2H3,(H,16,17). The molecule has 1 saturated heterocycles. The third-order valence-corrected chi connectivity index (χ3v) is 3.34. The molecule has 0 bridgehead atoms. The van der Waals surface area contributed by atoms with Gasteiger partial charge in [-0.1, -0.05) is 0 Å². The summed E-state index contributed by atoms with van der Waals surface area (Å²) >= 11 is 0. The number of carbonyl (C=O) groups is 3. The first-order chi connectivity index (χ1) is 10.5. The molecule has 7 nitrogen and oxygen atoms in total. The molecule has 1 aliphatic rings. The minimum absolute atomic E-state index is 0.156. The smallest absolute Gasteiger partial charge is 0.337 e. The van der Waals surface area contributed by atoms with Gasteiger partial charge in [0.25, 0.3) is 0 Å². The van der Waals surface area contributed by atoms with Gasteiger partial charge >= 0.3 is 11.9 Å². The van der Waals surface area contributed by atoms with Gasteiger partial charge in [-0.25, -0.2) is 9.59 Å². The Labute approximate surface area is 127 Å². The van der Waals surface area contributed by atoms with Gasteiger partial charge in [-0.3, -0.25) is 4.79 Å². The minimum Gasteiger partial charge on any atom is -0.465 e. The van der Waals surface area contributed by atoms with Crippen molar-refractivity contribution >= 4 is 23.5 Å². The molecule has 22 heavy (non-hydrogen) atoms. The van der Waals surface area contributed by atoms with Crippen molar-refractivity contribution in [2.24, 2.45) is 5.92 Å². The van der Waals surface area contributed by atoms with Crippen molar-refractivity contribution in [2.75, 3.05) is 32.8 Å². The van der Waals surface area contributed by atoms with Gasteiger partial charge in [0.2, 0.25) is 5.91 Å². The highest BCUT2D eigenvalue weighted by atomic mass is 16.5. The molecule has 1 fully saturated rings. The van der Waals surface area contributed by atoms with Crippen LogP contribution in [0, 0.1) is 5.92 Å². The molecule has 1 atom stereocenters. The number of benzene rings is 1. The second-order valence-electron chi connectivity index (χ2n) is 4.83. The molecule has 118 valence electrons. The number of hydrogen-bond acceptors (Lipinski definition) is 6. The Hall–Kier alpha value is -2.41. The van der Waals surface area contributed by atoms with Gasteiger partial charge in [0.1, 0.15) is 0 Å². The second-order valence-corrected chi connectivity index (χ2v) is 4.83. The predicted octanol–water partition coefficient (Wildman–Crippen LogP) is 1.23. The van der Waals surface area contributed by atoms with Gasteiger partial charge in [-0.2, -0.15) is 0 Å². The van der Waals surface area contributed by atoms with Crippen LogP contribution in [0.25, 0.3) is 0 Å². The quantitative estimate of drug-likeness (QED) is 0.841. The Kier molecular flexibility index (Phi) is 5.11. The van der Waals surface area contributed by atoms with Gasteiger partial charge in [0, 0.05) is 12.3 Å². The molecule has 0 aromatic heterocycles. The lowest BCUT2D eigenvalue weighted by Gasteiger charge is -2.12. The zero-order valence-electron chi connectivity index (χ0n) is 12.4. The van der Waals surface area contributed by atoms with Crippen LogP contribution in [0.3, 0.4) is 0 Å². The monoisotopic (exact) mass is 307 g/mol. The van der Waals surface area contributed by atoms with Crippen LogP contribution in [0.5, 0.6) is 0 Å². The normalized spacial score (nSPS) is 16.9. The summed E-state index contributed by atoms with van der Waals surface area (Å²) in [4.78, 5) is 35.4. The molecule has 0 spiro atoms. The summed E-state index contributed by atoms with van der Waals surface area (Å²) in [6, 6.07) is 4.25. The Morgan fingerprint density at radius 1 is 1.09 bits per heavy atom. The maximum atomic E-state index is 12.1. The van der Waals surface area contributed by atoms with Crippen molar-refractivity contribution in [3.63, 3.8) is 0 Å². The molecule has 7 heteroatoms. The van der Waals surface area contributed by atoms with Crippen molar-refractivity contribution in [2.45, 2.75) is 6.42 Å². The van der Waals surface area contributed by atoms with Crippen molar-refractivity contribution in [1.82, 2.24) is 0 Å². The summed E-state index contributed by atoms with van der Waals surface area (Å²) in [7, 11) is 2.47. The van der Waals surface area contributed by atoms with Crippen LogP contribution >= 0.6 is 0 Å². The highest BCUT2D eigenvalue weighted by Gasteiger charge is 2.24. The first-order valence-corrected chi connectivity index (χ1v) is 6.75. The van der Waals surface area contributed by atoms with Gasteiger partial charge < -0.3 is 19.5 Å². The van der Waals surface area contributed by atoms with Crippen LogP contribution in [-0.2, 0) is 19.0 Å². The van der Waals surface area contributed by atoms with E-state index in [0.29, 0.717) is 25.3 Å². The lowest BCUT2D eigenvalue weighted by atomic mass is 10.1. The zero-order valence-corrected chi connectivity index (χ0v) is 12.4. The van der Waals surface area contributed by atoms with Crippen LogP contribution < -0.4 is 5.32 Å². The van der Waals surface area contributed by atoms with E-state index < -0.39 is 11.9 Å². The molecule has 0 radical (unpaired) electrons. The molecule has 1 aromatic carbocycles. The van der Waals surface area contributed by atoms with Gasteiger partial charge in [-0.05, 0) is 24.6 Å². The van der Waals surface area contributed by atoms with Crippen LogP contribution in [0.15, 0.2) is 18.2 Å². The number of carbonyl (C=O) groups excluding carboxylic acids is 3. The van der Waals surface area contributed by atoms with Gasteiger partial charge in [0.05, 0.1) is 37.9 Å². The molecule has 1 unspecified atom stereocenters. The van der Waals surface area contributed by atoms with Crippen LogP contribution in [0.2, 0.25) is 0 Å². The molecule has 1 amide bonds. The minimum atomic E-state index is -0.606. The van der Waals surface area contributed by atoms with Crippen molar-refractivity contribution in [3.8, 4) is 0 Å². The predicted molar refractivity (Wildman–Crippen MR) is 76.7 cm³/mol. The van der Waals surface area contributed by atoms with Gasteiger partial charge in [0.15, 0.2) is 0 Å². The first-order valence-electron chi connectivity index (χ1n) is 6.75. The molecule has 0 aliphatic carbocycles. The van der Waals surface area contributed by atoms with Gasteiger partial charge in [-0.15, -0.1) is 0 Å². The molecule has 1 aliphatic heterocycles. The topological polar surface area (TPSA) is 90.9 Å². The molecule has 1 heterocycles. The largest absolute Gasteiger partial charge is 0.465 e. The fraction of sp³-hybridized carbons (Fsp3) is 0.400. The van der Waals surface area contributed by atoms with Crippen molar-refractivity contribution in [1.29, 1.82) is 0 Å². The van der Waals surface area contributed by atoms with E-state index in [-0.39, 0.29) is 23.0 Å². The molecule has 1 N–H and O–H groups in total. The Morgan fingerprint density at radius 2 is 1.68 bits per heavy atom. The lowest BCUT2D eigenvalue weighted by Crippen LogP contribution is -2.23. The van der Waals surface area contributed by atoms with Crippen LogP contribution in [0.4, 0.5) is 5.69 Å². The van der Waals surface area contributed by atoms with Crippen molar-refractivity contribution in [3.05, 3.63) is 29.3 Å². The number of hydrogen-bond donors (Lipinski definition) is 1. The van der Waals surface area contributed by atoms with E-state index in [4.69, 9.17) is 4.74 Å². The number of methoxy groups -OCH3 is 2. The van der Waals surface area contributed by atoms with E-state index in [1.54, 1.807) is 0 Å². The molecular formula is C15H17NO6. The summed E-state index contributed by atoms with van der Waals surface area (Å²) in [5, 5.41) is 2.69. The SMILES string of the molecule is COC(=O)c1cc(NC(=O)C2CCOC2)cc(C(=O)OC)c1. The van der Waals surface area contributed by atoms with E-state index in [1.165, 1.54) is 32.4 Å². The molecule has 2 rings (SSSR count). The zero-order chi connectivity index (χ0) is 16.1. The number of esters is 2. The molecule has 1 aromatic rings. The number of anilines is 1. The van der Waals surface area contributed by atoms with E-state index in [0.717, 1.165) is 0 Å². The van der Waals surface area contributed by atoms with Crippen molar-refractivity contribution < 1.29 is 28.6 Å². The second kappa shape index (κ2) is 7.04. The summed E-state index contributed by atoms with van der Waals surface area (Å²) in [6.07, 6.45) is 0.645. The third kappa shape index (κ3) is 3.62. The van der Waals surface area contributed by atoms with E-state index in [9.17, 15) is 14.4 Å². The third-order valence-electron chi connectivity index (χ3n) is 3.34. The maximum Gasteiger partial charge on any atom is 0.337 e. The number of rotatable bonds is 4. The van der Waals surface area contributed by atoms with Crippen LogP contribution in [-0.4, -0.2) is 45.3 Å².